The molecule has 1 nitrogen and oxygen atoms in total. The topological polar surface area (TPSA) is 12.0 Å². The molecule has 2 aliphatic rings. The Labute approximate surface area is 63.0 Å². The molecule has 0 aromatic rings. The molecule has 3 atom stereocenters. The summed E-state index contributed by atoms with van der Waals surface area (Å²) in [6.45, 7) is 0. The standard InChI is InChI=1S/C7H10F3N/c8-7(9,10)5-3-4-1-2-6(5)11-4/h4-6,11H,1-3H2/t4-,5-,6-/m1/s1. The Balaban J connectivity index is 2.08. The second-order valence-electron chi connectivity index (χ2n) is 3.43. The number of hydrogen-bond donors (Lipinski definition) is 1. The van der Waals surface area contributed by atoms with E-state index in [1.165, 1.54) is 0 Å². The van der Waals surface area contributed by atoms with Crippen LogP contribution in [0, 0.1) is 5.92 Å². The highest BCUT2D eigenvalue weighted by Gasteiger charge is 2.52. The summed E-state index contributed by atoms with van der Waals surface area (Å²) in [7, 11) is 0. The van der Waals surface area contributed by atoms with E-state index >= 15 is 0 Å². The molecule has 1 N–H and O–H groups in total. The highest BCUT2D eigenvalue weighted by atomic mass is 19.4. The molecule has 0 unspecified atom stereocenters. The van der Waals surface area contributed by atoms with Gasteiger partial charge in [-0.15, -0.1) is 0 Å². The summed E-state index contributed by atoms with van der Waals surface area (Å²) in [5.74, 6) is -1.07. The molecular weight excluding hydrogens is 155 g/mol. The van der Waals surface area contributed by atoms with Crippen LogP contribution in [0.3, 0.4) is 0 Å². The number of rotatable bonds is 0. The number of halogens is 3. The van der Waals surface area contributed by atoms with Gasteiger partial charge in [0.15, 0.2) is 0 Å². The zero-order chi connectivity index (χ0) is 8.06. The molecule has 0 aromatic carbocycles. The van der Waals surface area contributed by atoms with Crippen LogP contribution in [-0.2, 0) is 0 Å². The van der Waals surface area contributed by atoms with Gasteiger partial charge in [0.25, 0.3) is 0 Å². The van der Waals surface area contributed by atoms with Gasteiger partial charge in [0.1, 0.15) is 0 Å². The third-order valence-electron chi connectivity index (χ3n) is 2.72. The number of fused-ring (bicyclic) bond motifs is 2. The van der Waals surface area contributed by atoms with Crippen molar-refractivity contribution in [2.24, 2.45) is 5.92 Å². The Morgan fingerprint density at radius 3 is 2.18 bits per heavy atom. The molecule has 2 heterocycles. The molecule has 64 valence electrons. The third-order valence-corrected chi connectivity index (χ3v) is 2.72. The van der Waals surface area contributed by atoms with Gasteiger partial charge in [0.2, 0.25) is 0 Å². The van der Waals surface area contributed by atoms with Gasteiger partial charge in [-0.05, 0) is 19.3 Å². The predicted molar refractivity (Wildman–Crippen MR) is 34.1 cm³/mol. The first-order chi connectivity index (χ1) is 5.07. The van der Waals surface area contributed by atoms with Gasteiger partial charge in [-0.25, -0.2) is 0 Å². The van der Waals surface area contributed by atoms with E-state index in [0.29, 0.717) is 12.8 Å². The number of hydrogen-bond acceptors (Lipinski definition) is 1. The minimum Gasteiger partial charge on any atom is -0.311 e. The lowest BCUT2D eigenvalue weighted by atomic mass is 9.89. The van der Waals surface area contributed by atoms with E-state index in [0.717, 1.165) is 6.42 Å². The SMILES string of the molecule is FC(F)(F)[C@@H]1C[C@H]2CC[C@H]1N2. The molecule has 4 heteroatoms. The van der Waals surface area contributed by atoms with Gasteiger partial charge in [-0.3, -0.25) is 0 Å². The van der Waals surface area contributed by atoms with Gasteiger partial charge in [0, 0.05) is 12.1 Å². The van der Waals surface area contributed by atoms with Crippen molar-refractivity contribution in [3.8, 4) is 0 Å². The molecule has 0 saturated carbocycles. The van der Waals surface area contributed by atoms with Crippen molar-refractivity contribution in [1.82, 2.24) is 5.32 Å². The molecule has 0 spiro atoms. The Morgan fingerprint density at radius 2 is 1.91 bits per heavy atom. The first kappa shape index (κ1) is 7.40. The molecular formula is C7H10F3N. The minimum atomic E-state index is -3.98. The highest BCUT2D eigenvalue weighted by Crippen LogP contribution is 2.42. The van der Waals surface area contributed by atoms with Crippen molar-refractivity contribution in [2.45, 2.75) is 37.5 Å². The molecule has 2 aliphatic heterocycles. The Bertz CT molecular complexity index is 166. The fourth-order valence-electron chi connectivity index (χ4n) is 2.19. The maximum Gasteiger partial charge on any atom is 0.393 e. The summed E-state index contributed by atoms with van der Waals surface area (Å²) in [6, 6.07) is -0.133. The molecule has 0 amide bonds. The molecule has 2 bridgehead atoms. The van der Waals surface area contributed by atoms with Crippen molar-refractivity contribution >= 4 is 0 Å². The van der Waals surface area contributed by atoms with Crippen molar-refractivity contribution in [2.75, 3.05) is 0 Å². The quantitative estimate of drug-likeness (QED) is 0.576. The fourth-order valence-corrected chi connectivity index (χ4v) is 2.19. The first-order valence-electron chi connectivity index (χ1n) is 3.90. The zero-order valence-corrected chi connectivity index (χ0v) is 5.99. The molecule has 2 saturated heterocycles. The molecule has 0 aromatic heterocycles. The maximum absolute atomic E-state index is 12.2. The Hall–Kier alpha value is -0.250. The van der Waals surface area contributed by atoms with Crippen LogP contribution < -0.4 is 5.32 Å². The van der Waals surface area contributed by atoms with Crippen molar-refractivity contribution in [3.63, 3.8) is 0 Å². The van der Waals surface area contributed by atoms with Crippen LogP contribution in [0.15, 0.2) is 0 Å². The predicted octanol–water partition coefficient (Wildman–Crippen LogP) is 1.69. The third kappa shape index (κ3) is 1.13. The minimum absolute atomic E-state index is 0.145. The van der Waals surface area contributed by atoms with Crippen LogP contribution in [0.2, 0.25) is 0 Å². The lowest BCUT2D eigenvalue weighted by molar-refractivity contribution is -0.178. The van der Waals surface area contributed by atoms with Crippen molar-refractivity contribution < 1.29 is 13.2 Å². The summed E-state index contributed by atoms with van der Waals surface area (Å²) >= 11 is 0. The van der Waals surface area contributed by atoms with Crippen molar-refractivity contribution in [1.29, 1.82) is 0 Å². The van der Waals surface area contributed by atoms with E-state index in [1.807, 2.05) is 0 Å². The van der Waals surface area contributed by atoms with Crippen LogP contribution in [0.25, 0.3) is 0 Å². The number of nitrogens with one attached hydrogen (secondary N) is 1. The van der Waals surface area contributed by atoms with Crippen LogP contribution in [0.5, 0.6) is 0 Å². The largest absolute Gasteiger partial charge is 0.393 e. The van der Waals surface area contributed by atoms with Crippen LogP contribution in [-0.4, -0.2) is 18.3 Å². The van der Waals surface area contributed by atoms with E-state index in [1.54, 1.807) is 0 Å². The maximum atomic E-state index is 12.2. The highest BCUT2D eigenvalue weighted by molar-refractivity contribution is 4.99. The van der Waals surface area contributed by atoms with E-state index in [-0.39, 0.29) is 12.1 Å². The van der Waals surface area contributed by atoms with Crippen LogP contribution in [0.4, 0.5) is 13.2 Å². The van der Waals surface area contributed by atoms with E-state index < -0.39 is 12.1 Å². The van der Waals surface area contributed by atoms with Gasteiger partial charge >= 0.3 is 6.18 Å². The molecule has 2 rings (SSSR count). The molecule has 11 heavy (non-hydrogen) atoms. The lowest BCUT2D eigenvalue weighted by Gasteiger charge is -2.22. The summed E-state index contributed by atoms with van der Waals surface area (Å²) in [4.78, 5) is 0. The van der Waals surface area contributed by atoms with Gasteiger partial charge < -0.3 is 5.32 Å². The monoisotopic (exact) mass is 165 g/mol. The molecule has 0 aliphatic carbocycles. The average Bonchev–Trinajstić information content (AvgIpc) is 2.42. The first-order valence-corrected chi connectivity index (χ1v) is 3.90. The fraction of sp³-hybridized carbons (Fsp3) is 1.00. The Kier molecular flexibility index (Phi) is 1.43. The normalized spacial score (nSPS) is 43.4. The summed E-state index contributed by atoms with van der Waals surface area (Å²) in [6.07, 6.45) is -2.05. The molecule has 2 fully saturated rings. The average molecular weight is 165 g/mol. The summed E-state index contributed by atoms with van der Waals surface area (Å²) < 4.78 is 36.5. The zero-order valence-electron chi connectivity index (χ0n) is 5.99. The van der Waals surface area contributed by atoms with E-state index in [9.17, 15) is 13.2 Å². The Morgan fingerprint density at radius 1 is 1.18 bits per heavy atom. The summed E-state index contributed by atoms with van der Waals surface area (Å²) in [5.41, 5.74) is 0. The van der Waals surface area contributed by atoms with Crippen molar-refractivity contribution in [3.05, 3.63) is 0 Å². The second kappa shape index (κ2) is 2.12. The lowest BCUT2D eigenvalue weighted by Crippen LogP contribution is -2.33. The molecule has 0 radical (unpaired) electrons. The van der Waals surface area contributed by atoms with Gasteiger partial charge in [0.05, 0.1) is 5.92 Å². The van der Waals surface area contributed by atoms with Crippen LogP contribution >= 0.6 is 0 Å². The van der Waals surface area contributed by atoms with Crippen LogP contribution in [0.1, 0.15) is 19.3 Å². The van der Waals surface area contributed by atoms with Gasteiger partial charge in [-0.1, -0.05) is 0 Å². The van der Waals surface area contributed by atoms with E-state index in [4.69, 9.17) is 0 Å². The van der Waals surface area contributed by atoms with E-state index in [2.05, 4.69) is 5.32 Å². The van der Waals surface area contributed by atoms with Gasteiger partial charge in [-0.2, -0.15) is 13.2 Å². The second-order valence-corrected chi connectivity index (χ2v) is 3.43. The smallest absolute Gasteiger partial charge is 0.311 e. The number of alkyl halides is 3. The summed E-state index contributed by atoms with van der Waals surface area (Å²) in [5, 5.41) is 2.96.